The average Bonchev–Trinajstić information content (AvgIpc) is 3.14. The van der Waals surface area contributed by atoms with Gasteiger partial charge in [-0.15, -0.1) is 0 Å². The number of ether oxygens (including phenoxy) is 10. The number of para-hydroxylation sites is 2. The molecule has 2 fully saturated rings. The van der Waals surface area contributed by atoms with Crippen molar-refractivity contribution in [2.45, 2.75) is 110 Å². The minimum Gasteiger partial charge on any atom is -0.463 e. The summed E-state index contributed by atoms with van der Waals surface area (Å²) in [6, 6.07) is 15.3. The van der Waals surface area contributed by atoms with Crippen LogP contribution in [0, 0.1) is 0 Å². The first kappa shape index (κ1) is 47.1. The van der Waals surface area contributed by atoms with Crippen LogP contribution in [0.2, 0.25) is 0 Å². The number of hydrogen-bond acceptors (Lipinski definition) is 21. The molecule has 60 heavy (non-hydrogen) atoms. The summed E-state index contributed by atoms with van der Waals surface area (Å²) in [5.41, 5.74) is 0. The number of hydrogen-bond donors (Lipinski definition) is 0. The second kappa shape index (κ2) is 21.6. The number of phosphoric acid groups is 1. The van der Waals surface area contributed by atoms with Gasteiger partial charge in [-0.3, -0.25) is 33.6 Å². The molecule has 2 heterocycles. The fraction of sp³-hybridized carbons (Fsp3) is 0.500. The quantitative estimate of drug-likeness (QED) is 0.126. The van der Waals surface area contributed by atoms with Crippen molar-refractivity contribution in [3.05, 3.63) is 60.7 Å². The normalized spacial score (nSPS) is 26.2. The van der Waals surface area contributed by atoms with E-state index in [0.29, 0.717) is 0 Å². The minimum absolute atomic E-state index is 0.0181. The Balaban J connectivity index is 1.92. The molecule has 2 saturated heterocycles. The zero-order valence-corrected chi connectivity index (χ0v) is 34.4. The Morgan fingerprint density at radius 1 is 0.467 bits per heavy atom. The molecule has 0 bridgehead atoms. The van der Waals surface area contributed by atoms with Crippen molar-refractivity contribution in [1.82, 2.24) is 0 Å². The highest BCUT2D eigenvalue weighted by Crippen LogP contribution is 2.52. The van der Waals surface area contributed by atoms with E-state index in [1.165, 1.54) is 24.3 Å². The van der Waals surface area contributed by atoms with Gasteiger partial charge in [-0.25, -0.2) is 9.09 Å². The predicted octanol–water partition coefficient (Wildman–Crippen LogP) is 2.89. The van der Waals surface area contributed by atoms with E-state index in [9.17, 15) is 38.1 Å². The molecule has 22 heteroatoms. The lowest BCUT2D eigenvalue weighted by Crippen LogP contribution is -2.67. The van der Waals surface area contributed by atoms with Gasteiger partial charge in [-0.1, -0.05) is 36.4 Å². The Morgan fingerprint density at radius 3 is 1.20 bits per heavy atom. The first-order valence-corrected chi connectivity index (χ1v) is 19.7. The summed E-state index contributed by atoms with van der Waals surface area (Å²) >= 11 is 0. The molecule has 0 amide bonds. The minimum atomic E-state index is -4.99. The molecule has 328 valence electrons. The van der Waals surface area contributed by atoms with Gasteiger partial charge < -0.3 is 56.4 Å². The summed E-state index contributed by atoms with van der Waals surface area (Å²) in [6.07, 6.45) is -17.9. The molecular weight excluding hydrogens is 823 g/mol. The molecule has 21 nitrogen and oxygen atoms in total. The predicted molar refractivity (Wildman–Crippen MR) is 196 cm³/mol. The molecule has 2 aromatic rings. The summed E-state index contributed by atoms with van der Waals surface area (Å²) in [6.45, 7) is 5.84. The maximum atomic E-state index is 14.8. The molecule has 10 atom stereocenters. The lowest BCUT2D eigenvalue weighted by Gasteiger charge is -2.48. The number of esters is 7. The monoisotopic (exact) mass is 868 g/mol. The standard InChI is InChI=1S/C38H45O21P/c1-20(39)47-18-29-31(49-22(3)41)33(51-24(5)43)35(53-26(7)45)37(54-29)56-36-34(52-25(6)44)32(50-23(4)42)30(19-48-21(2)40)55-38(36)59-60(46,57-27-14-10-8-11-15-27)58-28-16-12-9-13-17-28/h8-17,29-38H,18-19H2,1-7H3/t29-,30-,31-,32+,33+,34-,35+,36-,37+,38+/m1/s1. The molecule has 2 aromatic carbocycles. The number of carbonyl (C=O) groups is 7. The highest BCUT2D eigenvalue weighted by atomic mass is 31.2. The molecular formula is C38H45O21P. The first-order chi connectivity index (χ1) is 28.3. The number of phosphoric ester groups is 1. The Bertz CT molecular complexity index is 1830. The van der Waals surface area contributed by atoms with Crippen LogP contribution in [-0.4, -0.2) is 116 Å². The second-order valence-corrected chi connectivity index (χ2v) is 14.5. The van der Waals surface area contributed by atoms with Gasteiger partial charge in [0, 0.05) is 48.5 Å². The van der Waals surface area contributed by atoms with Gasteiger partial charge in [-0.2, -0.15) is 0 Å². The van der Waals surface area contributed by atoms with Gasteiger partial charge in [0.05, 0.1) is 0 Å². The molecule has 4 rings (SSSR count). The number of rotatable bonds is 17. The zero-order chi connectivity index (χ0) is 44.1. The summed E-state index contributed by atoms with van der Waals surface area (Å²) < 4.78 is 89.1. The Morgan fingerprint density at radius 2 is 0.817 bits per heavy atom. The van der Waals surface area contributed by atoms with Crippen LogP contribution < -0.4 is 9.05 Å². The van der Waals surface area contributed by atoms with Crippen molar-refractivity contribution in [1.29, 1.82) is 0 Å². The maximum Gasteiger partial charge on any atom is 0.590 e. The molecule has 0 radical (unpaired) electrons. The Kier molecular flexibility index (Phi) is 16.9. The first-order valence-electron chi connectivity index (χ1n) is 18.2. The van der Waals surface area contributed by atoms with E-state index in [-0.39, 0.29) is 11.5 Å². The van der Waals surface area contributed by atoms with Crippen molar-refractivity contribution in [3.8, 4) is 11.5 Å². The fourth-order valence-corrected chi connectivity index (χ4v) is 7.27. The van der Waals surface area contributed by atoms with Crippen LogP contribution in [0.25, 0.3) is 0 Å². The van der Waals surface area contributed by atoms with Crippen LogP contribution in [-0.2, 0) is 90.0 Å². The molecule has 0 N–H and O–H groups in total. The molecule has 0 spiro atoms. The van der Waals surface area contributed by atoms with Crippen LogP contribution in [0.15, 0.2) is 60.7 Å². The summed E-state index contributed by atoms with van der Waals surface area (Å²) in [4.78, 5) is 86.8. The molecule has 2 aliphatic heterocycles. The number of benzene rings is 2. The Labute approximate surface area is 343 Å². The maximum absolute atomic E-state index is 14.8. The van der Waals surface area contributed by atoms with Crippen LogP contribution in [0.1, 0.15) is 48.5 Å². The summed E-state index contributed by atoms with van der Waals surface area (Å²) in [5, 5.41) is 0. The van der Waals surface area contributed by atoms with E-state index in [0.717, 1.165) is 48.5 Å². The van der Waals surface area contributed by atoms with Crippen LogP contribution >= 0.6 is 7.82 Å². The summed E-state index contributed by atoms with van der Waals surface area (Å²) in [5.74, 6) is -6.43. The lowest BCUT2D eigenvalue weighted by atomic mass is 9.96. The fourth-order valence-electron chi connectivity index (χ4n) is 5.96. The van der Waals surface area contributed by atoms with Gasteiger partial charge in [0.2, 0.25) is 6.29 Å². The van der Waals surface area contributed by atoms with Crippen molar-refractivity contribution in [2.75, 3.05) is 13.2 Å². The van der Waals surface area contributed by atoms with Crippen LogP contribution in [0.5, 0.6) is 11.5 Å². The van der Waals surface area contributed by atoms with E-state index >= 15 is 0 Å². The third-order valence-electron chi connectivity index (χ3n) is 8.04. The largest absolute Gasteiger partial charge is 0.590 e. The third-order valence-corrected chi connectivity index (χ3v) is 9.37. The Hall–Kier alpha value is -5.60. The SMILES string of the molecule is CC(=O)OC[C@H]1O[C@@H](OP(=O)(Oc2ccccc2)Oc2ccccc2)[C@H](O[C@@H]2O[C@H](COC(C)=O)[C@@H](OC(C)=O)[C@H](OC(C)=O)[C@@H]2OC(C)=O)[C@H](OC(C)=O)[C@H]1OC(C)=O. The smallest absolute Gasteiger partial charge is 0.463 e. The molecule has 0 saturated carbocycles. The highest BCUT2D eigenvalue weighted by molar-refractivity contribution is 7.49. The van der Waals surface area contributed by atoms with Crippen molar-refractivity contribution in [2.24, 2.45) is 0 Å². The van der Waals surface area contributed by atoms with E-state index < -0.39 is 124 Å². The molecule has 0 unspecified atom stereocenters. The van der Waals surface area contributed by atoms with Crippen molar-refractivity contribution < 1.29 is 99.1 Å². The molecule has 2 aliphatic rings. The van der Waals surface area contributed by atoms with Crippen LogP contribution in [0.3, 0.4) is 0 Å². The van der Waals surface area contributed by atoms with E-state index in [1.807, 2.05) is 0 Å². The van der Waals surface area contributed by atoms with E-state index in [1.54, 1.807) is 36.4 Å². The van der Waals surface area contributed by atoms with Gasteiger partial charge in [-0.05, 0) is 24.3 Å². The van der Waals surface area contributed by atoms with Crippen molar-refractivity contribution in [3.63, 3.8) is 0 Å². The molecule has 0 aromatic heterocycles. The van der Waals surface area contributed by atoms with Gasteiger partial charge in [0.25, 0.3) is 0 Å². The topological polar surface area (TPSA) is 257 Å². The summed E-state index contributed by atoms with van der Waals surface area (Å²) in [7, 11) is -4.99. The lowest BCUT2D eigenvalue weighted by molar-refractivity contribution is -0.360. The van der Waals surface area contributed by atoms with E-state index in [4.69, 9.17) is 60.9 Å². The van der Waals surface area contributed by atoms with Gasteiger partial charge in [0.15, 0.2) is 42.9 Å². The average molecular weight is 869 g/mol. The number of carbonyl (C=O) groups excluding carboxylic acids is 7. The zero-order valence-electron chi connectivity index (χ0n) is 33.5. The molecule has 0 aliphatic carbocycles. The van der Waals surface area contributed by atoms with Crippen LogP contribution in [0.4, 0.5) is 0 Å². The van der Waals surface area contributed by atoms with E-state index in [2.05, 4.69) is 0 Å². The highest BCUT2D eigenvalue weighted by Gasteiger charge is 2.59. The second-order valence-electron chi connectivity index (χ2n) is 13.0. The third kappa shape index (κ3) is 14.0. The van der Waals surface area contributed by atoms with Gasteiger partial charge in [0.1, 0.15) is 36.9 Å². The van der Waals surface area contributed by atoms with Gasteiger partial charge >= 0.3 is 49.6 Å². The van der Waals surface area contributed by atoms with Crippen molar-refractivity contribution >= 4 is 49.6 Å².